The first kappa shape index (κ1) is 12.6. The highest BCUT2D eigenvalue weighted by atomic mass is 15.1. The van der Waals surface area contributed by atoms with E-state index in [1.165, 1.54) is 31.8 Å². The molecule has 4 heteroatoms. The van der Waals surface area contributed by atoms with Gasteiger partial charge in [-0.25, -0.2) is 4.98 Å². The summed E-state index contributed by atoms with van der Waals surface area (Å²) in [6.45, 7) is 3.00. The van der Waals surface area contributed by atoms with Crippen LogP contribution in [0, 0.1) is 5.92 Å². The van der Waals surface area contributed by atoms with Crippen LogP contribution in [0.2, 0.25) is 0 Å². The van der Waals surface area contributed by atoms with Crippen molar-refractivity contribution >= 4 is 5.52 Å². The minimum absolute atomic E-state index is 0.583. The summed E-state index contributed by atoms with van der Waals surface area (Å²) in [6.07, 6.45) is 7.77. The van der Waals surface area contributed by atoms with E-state index in [0.29, 0.717) is 6.54 Å². The molecule has 0 amide bonds. The Morgan fingerprint density at radius 1 is 1.42 bits per heavy atom. The SMILES string of the molecule is CN1CCCC(Cc2ncc3ccc(CN)cn23)C1. The fourth-order valence-electron chi connectivity index (χ4n) is 3.06. The topological polar surface area (TPSA) is 46.6 Å². The van der Waals surface area contributed by atoms with E-state index in [9.17, 15) is 0 Å². The third kappa shape index (κ3) is 2.65. The normalized spacial score (nSPS) is 21.1. The van der Waals surface area contributed by atoms with Gasteiger partial charge in [0, 0.05) is 25.7 Å². The molecule has 3 heterocycles. The van der Waals surface area contributed by atoms with Crippen molar-refractivity contribution in [1.82, 2.24) is 14.3 Å². The summed E-state index contributed by atoms with van der Waals surface area (Å²) in [7, 11) is 2.21. The van der Waals surface area contributed by atoms with Gasteiger partial charge in [-0.05, 0) is 44.0 Å². The Balaban J connectivity index is 1.83. The molecule has 1 aliphatic rings. The number of aromatic nitrogens is 2. The molecule has 0 bridgehead atoms. The maximum atomic E-state index is 5.72. The molecular formula is C15H22N4. The maximum Gasteiger partial charge on any atom is 0.113 e. The monoisotopic (exact) mass is 258 g/mol. The predicted octanol–water partition coefficient (Wildman–Crippen LogP) is 1.68. The molecule has 0 aliphatic carbocycles. The smallest absolute Gasteiger partial charge is 0.113 e. The Morgan fingerprint density at radius 2 is 2.32 bits per heavy atom. The van der Waals surface area contributed by atoms with Crippen LogP contribution in [0.5, 0.6) is 0 Å². The van der Waals surface area contributed by atoms with Crippen LogP contribution in [-0.4, -0.2) is 34.4 Å². The lowest BCUT2D eigenvalue weighted by molar-refractivity contribution is 0.207. The minimum Gasteiger partial charge on any atom is -0.326 e. The second-order valence-corrected chi connectivity index (χ2v) is 5.69. The van der Waals surface area contributed by atoms with Gasteiger partial charge in [0.25, 0.3) is 0 Å². The van der Waals surface area contributed by atoms with Crippen molar-refractivity contribution in [3.8, 4) is 0 Å². The highest BCUT2D eigenvalue weighted by molar-refractivity contribution is 5.47. The molecule has 0 aromatic carbocycles. The lowest BCUT2D eigenvalue weighted by Crippen LogP contribution is -2.33. The minimum atomic E-state index is 0.583. The zero-order chi connectivity index (χ0) is 13.2. The number of hydrogen-bond donors (Lipinski definition) is 1. The number of piperidine rings is 1. The van der Waals surface area contributed by atoms with Crippen LogP contribution < -0.4 is 5.73 Å². The quantitative estimate of drug-likeness (QED) is 0.911. The Hall–Kier alpha value is -1.39. The van der Waals surface area contributed by atoms with Crippen molar-refractivity contribution in [1.29, 1.82) is 0 Å². The molecular weight excluding hydrogens is 236 g/mol. The first-order valence-corrected chi connectivity index (χ1v) is 7.10. The third-order valence-electron chi connectivity index (χ3n) is 4.09. The van der Waals surface area contributed by atoms with E-state index < -0.39 is 0 Å². The lowest BCUT2D eigenvalue weighted by atomic mass is 9.95. The van der Waals surface area contributed by atoms with Gasteiger partial charge in [-0.15, -0.1) is 0 Å². The molecule has 1 saturated heterocycles. The largest absolute Gasteiger partial charge is 0.326 e. The first-order chi connectivity index (χ1) is 9.26. The summed E-state index contributed by atoms with van der Waals surface area (Å²) in [5.41, 5.74) is 8.04. The number of fused-ring (bicyclic) bond motifs is 1. The van der Waals surface area contributed by atoms with Gasteiger partial charge in [-0.2, -0.15) is 0 Å². The van der Waals surface area contributed by atoms with E-state index in [1.54, 1.807) is 0 Å². The summed E-state index contributed by atoms with van der Waals surface area (Å²) >= 11 is 0. The van der Waals surface area contributed by atoms with Crippen LogP contribution >= 0.6 is 0 Å². The molecule has 1 unspecified atom stereocenters. The summed E-state index contributed by atoms with van der Waals surface area (Å²) in [6, 6.07) is 4.18. The Morgan fingerprint density at radius 3 is 3.11 bits per heavy atom. The summed E-state index contributed by atoms with van der Waals surface area (Å²) in [5, 5.41) is 0. The molecule has 3 rings (SSSR count). The number of rotatable bonds is 3. The van der Waals surface area contributed by atoms with Crippen LogP contribution in [0.3, 0.4) is 0 Å². The van der Waals surface area contributed by atoms with Crippen LogP contribution in [-0.2, 0) is 13.0 Å². The van der Waals surface area contributed by atoms with Crippen molar-refractivity contribution in [2.24, 2.45) is 11.7 Å². The van der Waals surface area contributed by atoms with Gasteiger partial charge in [0.05, 0.1) is 11.7 Å². The number of nitrogens with zero attached hydrogens (tertiary/aromatic N) is 3. The molecule has 2 aromatic heterocycles. The lowest BCUT2D eigenvalue weighted by Gasteiger charge is -2.29. The van der Waals surface area contributed by atoms with Crippen molar-refractivity contribution in [2.45, 2.75) is 25.8 Å². The summed E-state index contributed by atoms with van der Waals surface area (Å²) < 4.78 is 2.21. The van der Waals surface area contributed by atoms with Crippen molar-refractivity contribution in [2.75, 3.05) is 20.1 Å². The Bertz CT molecular complexity index is 560. The zero-order valence-corrected chi connectivity index (χ0v) is 11.5. The van der Waals surface area contributed by atoms with Gasteiger partial charge < -0.3 is 15.0 Å². The van der Waals surface area contributed by atoms with Gasteiger partial charge in [0.2, 0.25) is 0 Å². The van der Waals surface area contributed by atoms with Crippen LogP contribution in [0.4, 0.5) is 0 Å². The van der Waals surface area contributed by atoms with E-state index in [4.69, 9.17) is 5.73 Å². The first-order valence-electron chi connectivity index (χ1n) is 7.10. The second-order valence-electron chi connectivity index (χ2n) is 5.69. The van der Waals surface area contributed by atoms with E-state index in [2.05, 4.69) is 39.7 Å². The molecule has 2 aromatic rings. The highest BCUT2D eigenvalue weighted by Gasteiger charge is 2.19. The predicted molar refractivity (Wildman–Crippen MR) is 77.0 cm³/mol. The fraction of sp³-hybridized carbons (Fsp3) is 0.533. The van der Waals surface area contributed by atoms with Crippen molar-refractivity contribution in [3.05, 3.63) is 35.9 Å². The zero-order valence-electron chi connectivity index (χ0n) is 11.5. The number of pyridine rings is 1. The Labute approximate surface area is 114 Å². The Kier molecular flexibility index (Phi) is 3.53. The average Bonchev–Trinajstić information content (AvgIpc) is 2.81. The van der Waals surface area contributed by atoms with E-state index in [-0.39, 0.29) is 0 Å². The molecule has 19 heavy (non-hydrogen) atoms. The number of imidazole rings is 1. The molecule has 0 radical (unpaired) electrons. The summed E-state index contributed by atoms with van der Waals surface area (Å²) in [5.74, 6) is 1.90. The molecule has 1 fully saturated rings. The fourth-order valence-corrected chi connectivity index (χ4v) is 3.06. The molecule has 1 atom stereocenters. The number of nitrogens with two attached hydrogens (primary N) is 1. The van der Waals surface area contributed by atoms with Gasteiger partial charge in [-0.3, -0.25) is 0 Å². The van der Waals surface area contributed by atoms with Crippen LogP contribution in [0.15, 0.2) is 24.5 Å². The molecule has 4 nitrogen and oxygen atoms in total. The van der Waals surface area contributed by atoms with Gasteiger partial charge in [0.1, 0.15) is 5.82 Å². The van der Waals surface area contributed by atoms with Crippen LogP contribution in [0.1, 0.15) is 24.2 Å². The van der Waals surface area contributed by atoms with Crippen LogP contribution in [0.25, 0.3) is 5.52 Å². The summed E-state index contributed by atoms with van der Waals surface area (Å²) in [4.78, 5) is 7.02. The number of likely N-dealkylation sites (tertiary alicyclic amines) is 1. The highest BCUT2D eigenvalue weighted by Crippen LogP contribution is 2.20. The van der Waals surface area contributed by atoms with E-state index in [0.717, 1.165) is 23.4 Å². The van der Waals surface area contributed by atoms with Gasteiger partial charge >= 0.3 is 0 Å². The average molecular weight is 258 g/mol. The molecule has 0 saturated carbocycles. The molecule has 2 N–H and O–H groups in total. The van der Waals surface area contributed by atoms with Crippen molar-refractivity contribution < 1.29 is 0 Å². The van der Waals surface area contributed by atoms with Crippen molar-refractivity contribution in [3.63, 3.8) is 0 Å². The molecule has 102 valence electrons. The van der Waals surface area contributed by atoms with Gasteiger partial charge in [-0.1, -0.05) is 6.07 Å². The molecule has 1 aliphatic heterocycles. The third-order valence-corrected chi connectivity index (χ3v) is 4.09. The molecule has 0 spiro atoms. The van der Waals surface area contributed by atoms with Gasteiger partial charge in [0.15, 0.2) is 0 Å². The van der Waals surface area contributed by atoms with E-state index in [1.807, 2.05) is 6.20 Å². The van der Waals surface area contributed by atoms with E-state index >= 15 is 0 Å². The standard InChI is InChI=1S/C15H22N4/c1-18-6-2-3-12(10-18)7-15-17-9-14-5-4-13(8-16)11-19(14)15/h4-5,9,11-12H,2-3,6-8,10,16H2,1H3. The second kappa shape index (κ2) is 5.31. The number of hydrogen-bond acceptors (Lipinski definition) is 3. The maximum absolute atomic E-state index is 5.72.